The van der Waals surface area contributed by atoms with E-state index in [4.69, 9.17) is 27.9 Å². The van der Waals surface area contributed by atoms with E-state index in [1.54, 1.807) is 30.1 Å². The third-order valence-electron chi connectivity index (χ3n) is 6.33. The topological polar surface area (TPSA) is 82.4 Å². The van der Waals surface area contributed by atoms with Crippen LogP contribution in [0, 0.1) is 11.3 Å². The van der Waals surface area contributed by atoms with E-state index in [0.29, 0.717) is 33.3 Å². The van der Waals surface area contributed by atoms with Gasteiger partial charge < -0.3 is 15.0 Å². The van der Waals surface area contributed by atoms with Crippen LogP contribution in [-0.2, 0) is 16.1 Å². The van der Waals surface area contributed by atoms with E-state index >= 15 is 0 Å². The molecule has 0 fully saturated rings. The number of benzene rings is 3. The van der Waals surface area contributed by atoms with Gasteiger partial charge in [-0.25, -0.2) is 0 Å². The average molecular weight is 510 g/mol. The van der Waals surface area contributed by atoms with Gasteiger partial charge in [0, 0.05) is 38.0 Å². The van der Waals surface area contributed by atoms with E-state index in [2.05, 4.69) is 11.4 Å². The number of hydrogen-bond acceptors (Lipinski definition) is 4. The number of nitriles is 1. The number of fused-ring (bicyclic) bond motifs is 3. The Morgan fingerprint density at radius 1 is 1.23 bits per heavy atom. The molecule has 35 heavy (non-hydrogen) atoms. The van der Waals surface area contributed by atoms with Crippen LogP contribution in [0.1, 0.15) is 46.3 Å². The minimum atomic E-state index is -0.325. The van der Waals surface area contributed by atoms with Crippen molar-refractivity contribution >= 4 is 45.8 Å². The standard InChI is InChI=1S/C27H25Cl2N3O3/c1-16-13-32(14-20(11-25(33)31-2)17-7-8-23(28)24(29)10-17)27(34)26-21-6-4-3-5-18(21)9-19(12-30)22(26)15-35-16/h3-10,16,20H,11,13-15H2,1-2H3,(H,31,33)/t16-,20-/m1/s1. The molecule has 0 bridgehead atoms. The maximum Gasteiger partial charge on any atom is 0.255 e. The van der Waals surface area contributed by atoms with E-state index in [0.717, 1.165) is 16.3 Å². The van der Waals surface area contributed by atoms with Gasteiger partial charge in [-0.2, -0.15) is 5.26 Å². The molecule has 1 aliphatic rings. The monoisotopic (exact) mass is 509 g/mol. The van der Waals surface area contributed by atoms with Gasteiger partial charge in [0.1, 0.15) is 0 Å². The average Bonchev–Trinajstić information content (AvgIpc) is 2.86. The van der Waals surface area contributed by atoms with Crippen molar-refractivity contribution in [2.24, 2.45) is 0 Å². The molecule has 1 aliphatic heterocycles. The molecule has 4 rings (SSSR count). The summed E-state index contributed by atoms with van der Waals surface area (Å²) < 4.78 is 6.04. The van der Waals surface area contributed by atoms with Gasteiger partial charge >= 0.3 is 0 Å². The Morgan fingerprint density at radius 2 is 2.00 bits per heavy atom. The number of rotatable bonds is 5. The zero-order chi connectivity index (χ0) is 25.1. The Hall–Kier alpha value is -3.11. The first-order chi connectivity index (χ1) is 16.8. The van der Waals surface area contributed by atoms with E-state index < -0.39 is 0 Å². The minimum absolute atomic E-state index is 0.150. The fourth-order valence-corrected chi connectivity index (χ4v) is 4.82. The fourth-order valence-electron chi connectivity index (χ4n) is 4.52. The Kier molecular flexibility index (Phi) is 7.61. The number of ether oxygens (including phenoxy) is 1. The van der Waals surface area contributed by atoms with Crippen molar-refractivity contribution in [1.82, 2.24) is 10.2 Å². The van der Waals surface area contributed by atoms with Crippen LogP contribution in [0.25, 0.3) is 10.8 Å². The third kappa shape index (κ3) is 5.28. The van der Waals surface area contributed by atoms with Gasteiger partial charge in [-0.15, -0.1) is 0 Å². The second-order valence-corrected chi connectivity index (χ2v) is 9.50. The summed E-state index contributed by atoms with van der Waals surface area (Å²) >= 11 is 12.4. The molecule has 0 aromatic heterocycles. The number of carbonyl (C=O) groups excluding carboxylic acids is 2. The highest BCUT2D eigenvalue weighted by molar-refractivity contribution is 6.42. The fraction of sp³-hybridized carbons (Fsp3) is 0.296. The van der Waals surface area contributed by atoms with Crippen LogP contribution in [0.15, 0.2) is 48.5 Å². The van der Waals surface area contributed by atoms with Crippen LogP contribution in [-0.4, -0.2) is 43.0 Å². The van der Waals surface area contributed by atoms with Crippen LogP contribution in [0.5, 0.6) is 0 Å². The smallest absolute Gasteiger partial charge is 0.255 e. The van der Waals surface area contributed by atoms with Crippen LogP contribution in [0.3, 0.4) is 0 Å². The van der Waals surface area contributed by atoms with Gasteiger partial charge in [0.05, 0.1) is 40.0 Å². The van der Waals surface area contributed by atoms with E-state index in [1.165, 1.54) is 0 Å². The summed E-state index contributed by atoms with van der Waals surface area (Å²) in [5.74, 6) is -0.665. The Morgan fingerprint density at radius 3 is 2.71 bits per heavy atom. The molecule has 0 unspecified atom stereocenters. The summed E-state index contributed by atoms with van der Waals surface area (Å²) in [6.07, 6.45) is -0.0983. The highest BCUT2D eigenvalue weighted by Gasteiger charge is 2.31. The number of nitrogens with one attached hydrogen (secondary N) is 1. The second kappa shape index (κ2) is 10.7. The predicted molar refractivity (Wildman–Crippen MR) is 137 cm³/mol. The van der Waals surface area contributed by atoms with E-state index in [9.17, 15) is 14.9 Å². The highest BCUT2D eigenvalue weighted by Crippen LogP contribution is 2.33. The van der Waals surface area contributed by atoms with Crippen LogP contribution in [0.4, 0.5) is 0 Å². The molecule has 6 nitrogen and oxygen atoms in total. The molecule has 0 saturated carbocycles. The first-order valence-electron chi connectivity index (χ1n) is 11.3. The first-order valence-corrected chi connectivity index (χ1v) is 12.1. The largest absolute Gasteiger partial charge is 0.372 e. The molecule has 0 radical (unpaired) electrons. The lowest BCUT2D eigenvalue weighted by Crippen LogP contribution is -2.42. The van der Waals surface area contributed by atoms with Crippen LogP contribution < -0.4 is 5.32 Å². The molecule has 0 saturated heterocycles. The molecular weight excluding hydrogens is 485 g/mol. The molecule has 8 heteroatoms. The Bertz CT molecular complexity index is 1340. The van der Waals surface area contributed by atoms with Crippen molar-refractivity contribution in [3.63, 3.8) is 0 Å². The minimum Gasteiger partial charge on any atom is -0.372 e. The number of nitrogens with zero attached hydrogens (tertiary/aromatic N) is 2. The molecule has 1 N–H and O–H groups in total. The molecule has 180 valence electrons. The molecule has 3 aromatic rings. The van der Waals surface area contributed by atoms with E-state index in [1.807, 2.05) is 37.3 Å². The highest BCUT2D eigenvalue weighted by atomic mass is 35.5. The molecule has 2 amide bonds. The third-order valence-corrected chi connectivity index (χ3v) is 7.07. The predicted octanol–water partition coefficient (Wildman–Crippen LogP) is 5.30. The molecule has 3 aromatic carbocycles. The summed E-state index contributed by atoms with van der Waals surface area (Å²) in [5, 5.41) is 14.9. The Balaban J connectivity index is 1.80. The van der Waals surface area contributed by atoms with Crippen molar-refractivity contribution < 1.29 is 14.3 Å². The van der Waals surface area contributed by atoms with Crippen molar-refractivity contribution in [2.45, 2.75) is 32.0 Å². The van der Waals surface area contributed by atoms with Gasteiger partial charge in [-0.1, -0.05) is 53.5 Å². The number of hydrogen-bond donors (Lipinski definition) is 1. The maximum atomic E-state index is 14.1. The van der Waals surface area contributed by atoms with Gasteiger partial charge in [-0.3, -0.25) is 9.59 Å². The summed E-state index contributed by atoms with van der Waals surface area (Å²) in [6, 6.07) is 16.8. The SMILES string of the molecule is CNC(=O)C[C@H](CN1C[C@@H](C)OCc2c(C#N)cc3ccccc3c2C1=O)c1ccc(Cl)c(Cl)c1. The summed E-state index contributed by atoms with van der Waals surface area (Å²) in [4.78, 5) is 28.2. The zero-order valence-corrected chi connectivity index (χ0v) is 21.0. The maximum absolute atomic E-state index is 14.1. The van der Waals surface area contributed by atoms with Gasteiger partial charge in [0.25, 0.3) is 5.91 Å². The molecule has 0 spiro atoms. The number of amides is 2. The number of carbonyl (C=O) groups is 2. The summed E-state index contributed by atoms with van der Waals surface area (Å²) in [6.45, 7) is 2.68. The first kappa shape index (κ1) is 25.0. The van der Waals surface area contributed by atoms with Crippen molar-refractivity contribution in [2.75, 3.05) is 20.1 Å². The lowest BCUT2D eigenvalue weighted by atomic mass is 9.91. The molecule has 1 heterocycles. The van der Waals surface area contributed by atoms with Gasteiger partial charge in [0.2, 0.25) is 5.91 Å². The Labute approximate surface area is 214 Å². The quantitative estimate of drug-likeness (QED) is 0.505. The van der Waals surface area contributed by atoms with Crippen molar-refractivity contribution in [3.05, 3.63) is 80.8 Å². The zero-order valence-electron chi connectivity index (χ0n) is 19.5. The molecular formula is C27H25Cl2N3O3. The second-order valence-electron chi connectivity index (χ2n) is 8.69. The van der Waals surface area contributed by atoms with Gasteiger partial charge in [0.15, 0.2) is 0 Å². The lowest BCUT2D eigenvalue weighted by Gasteiger charge is -2.33. The summed E-state index contributed by atoms with van der Waals surface area (Å²) in [5.41, 5.74) is 2.29. The van der Waals surface area contributed by atoms with Crippen molar-refractivity contribution in [3.8, 4) is 6.07 Å². The van der Waals surface area contributed by atoms with Crippen LogP contribution >= 0.6 is 23.2 Å². The lowest BCUT2D eigenvalue weighted by molar-refractivity contribution is -0.121. The molecule has 0 aliphatic carbocycles. The van der Waals surface area contributed by atoms with E-state index in [-0.39, 0.29) is 43.4 Å². The summed E-state index contributed by atoms with van der Waals surface area (Å²) in [7, 11) is 1.58. The van der Waals surface area contributed by atoms with Gasteiger partial charge in [-0.05, 0) is 41.5 Å². The number of halogens is 2. The van der Waals surface area contributed by atoms with Crippen LogP contribution in [0.2, 0.25) is 10.0 Å². The normalized spacial score (nSPS) is 16.7. The van der Waals surface area contributed by atoms with Crippen molar-refractivity contribution in [1.29, 1.82) is 5.26 Å². The molecule has 2 atom stereocenters.